The largest absolute Gasteiger partial charge is 0.103 e. The van der Waals surface area contributed by atoms with Crippen molar-refractivity contribution in [1.29, 1.82) is 0 Å². The van der Waals surface area contributed by atoms with Crippen molar-refractivity contribution in [2.75, 3.05) is 0 Å². The molecule has 0 fully saturated rings. The van der Waals surface area contributed by atoms with Gasteiger partial charge in [0.15, 0.2) is 0 Å². The van der Waals surface area contributed by atoms with Gasteiger partial charge in [-0.1, -0.05) is 50.1 Å². The van der Waals surface area contributed by atoms with Crippen molar-refractivity contribution in [3.8, 4) is 0 Å². The monoisotopic (exact) mass is 150 g/mol. The SMILES string of the molecule is C=CCC=CC=CCCCC. The number of hydrogen-bond acceptors (Lipinski definition) is 0. The Kier molecular flexibility index (Phi) is 8.57. The molecular weight excluding hydrogens is 132 g/mol. The van der Waals surface area contributed by atoms with Crippen LogP contribution in [0, 0.1) is 0 Å². The molecule has 0 N–H and O–H groups in total. The summed E-state index contributed by atoms with van der Waals surface area (Å²) in [4.78, 5) is 0. The fourth-order valence-electron chi connectivity index (χ4n) is 0.750. The summed E-state index contributed by atoms with van der Waals surface area (Å²) in [5.74, 6) is 0. The van der Waals surface area contributed by atoms with Gasteiger partial charge in [0.1, 0.15) is 0 Å². The topological polar surface area (TPSA) is 0 Å². The smallest absolute Gasteiger partial charge is 0.0169 e. The van der Waals surface area contributed by atoms with E-state index in [0.29, 0.717) is 0 Å². The quantitative estimate of drug-likeness (QED) is 0.306. The number of allylic oxidation sites excluding steroid dienone is 5. The molecule has 0 heteroatoms. The van der Waals surface area contributed by atoms with Crippen molar-refractivity contribution in [2.24, 2.45) is 0 Å². The summed E-state index contributed by atoms with van der Waals surface area (Å²) in [6, 6.07) is 0. The Hall–Kier alpha value is -0.780. The van der Waals surface area contributed by atoms with E-state index < -0.39 is 0 Å². The number of unbranched alkanes of at least 4 members (excludes halogenated alkanes) is 2. The third-order valence-corrected chi connectivity index (χ3v) is 1.41. The second-order valence-electron chi connectivity index (χ2n) is 2.52. The summed E-state index contributed by atoms with van der Waals surface area (Å²) < 4.78 is 0. The Morgan fingerprint density at radius 3 is 2.55 bits per heavy atom. The molecule has 0 aromatic rings. The van der Waals surface area contributed by atoms with Crippen LogP contribution >= 0.6 is 0 Å². The van der Waals surface area contributed by atoms with Crippen LogP contribution in [0.3, 0.4) is 0 Å². The summed E-state index contributed by atoms with van der Waals surface area (Å²) in [6.45, 7) is 5.84. The van der Waals surface area contributed by atoms with Crippen LogP contribution in [0.2, 0.25) is 0 Å². The maximum Gasteiger partial charge on any atom is -0.0169 e. The van der Waals surface area contributed by atoms with E-state index in [1.165, 1.54) is 19.3 Å². The van der Waals surface area contributed by atoms with Crippen LogP contribution < -0.4 is 0 Å². The molecule has 0 amide bonds. The van der Waals surface area contributed by atoms with Gasteiger partial charge in [0.2, 0.25) is 0 Å². The van der Waals surface area contributed by atoms with Gasteiger partial charge in [-0.2, -0.15) is 0 Å². The van der Waals surface area contributed by atoms with E-state index in [1.807, 2.05) is 6.08 Å². The molecule has 11 heavy (non-hydrogen) atoms. The standard InChI is InChI=1S/C11H18/c1-3-5-7-9-11-10-8-6-4-2/h3,7,9-11H,1,4-6,8H2,2H3. The zero-order valence-electron chi connectivity index (χ0n) is 7.42. The molecular formula is C11H18. The highest BCUT2D eigenvalue weighted by Crippen LogP contribution is 1.95. The van der Waals surface area contributed by atoms with Gasteiger partial charge in [0.05, 0.1) is 0 Å². The van der Waals surface area contributed by atoms with Gasteiger partial charge in [-0.25, -0.2) is 0 Å². The van der Waals surface area contributed by atoms with Gasteiger partial charge < -0.3 is 0 Å². The molecule has 0 heterocycles. The van der Waals surface area contributed by atoms with Gasteiger partial charge in [0, 0.05) is 0 Å². The summed E-state index contributed by atoms with van der Waals surface area (Å²) >= 11 is 0. The van der Waals surface area contributed by atoms with Gasteiger partial charge in [-0.3, -0.25) is 0 Å². The molecule has 0 rings (SSSR count). The van der Waals surface area contributed by atoms with Crippen LogP contribution in [-0.2, 0) is 0 Å². The zero-order chi connectivity index (χ0) is 8.36. The van der Waals surface area contributed by atoms with Crippen LogP contribution in [0.5, 0.6) is 0 Å². The predicted octanol–water partition coefficient (Wildman–Crippen LogP) is 3.87. The lowest BCUT2D eigenvalue weighted by Gasteiger charge is -1.85. The summed E-state index contributed by atoms with van der Waals surface area (Å²) in [7, 11) is 0. The normalized spacial score (nSPS) is 11.4. The highest BCUT2D eigenvalue weighted by molar-refractivity contribution is 5.03. The van der Waals surface area contributed by atoms with Crippen molar-refractivity contribution < 1.29 is 0 Å². The third kappa shape index (κ3) is 9.22. The molecule has 0 nitrogen and oxygen atoms in total. The first kappa shape index (κ1) is 10.2. The Balaban J connectivity index is 3.21. The average Bonchev–Trinajstić information content (AvgIpc) is 2.03. The molecule has 0 radical (unpaired) electrons. The van der Waals surface area contributed by atoms with Crippen molar-refractivity contribution in [1.82, 2.24) is 0 Å². The van der Waals surface area contributed by atoms with Gasteiger partial charge in [-0.15, -0.1) is 6.58 Å². The molecule has 0 aromatic heterocycles. The minimum atomic E-state index is 0.970. The van der Waals surface area contributed by atoms with Crippen molar-refractivity contribution >= 4 is 0 Å². The lowest BCUT2D eigenvalue weighted by molar-refractivity contribution is 0.815. The molecule has 0 aliphatic heterocycles. The molecule has 62 valence electrons. The molecule has 0 aliphatic carbocycles. The van der Waals surface area contributed by atoms with E-state index in [0.717, 1.165) is 6.42 Å². The van der Waals surface area contributed by atoms with Crippen molar-refractivity contribution in [3.05, 3.63) is 37.0 Å². The van der Waals surface area contributed by atoms with E-state index in [9.17, 15) is 0 Å². The van der Waals surface area contributed by atoms with Crippen LogP contribution in [0.1, 0.15) is 32.6 Å². The lowest BCUT2D eigenvalue weighted by atomic mass is 10.2. The first-order chi connectivity index (χ1) is 5.41. The van der Waals surface area contributed by atoms with Crippen molar-refractivity contribution in [3.63, 3.8) is 0 Å². The van der Waals surface area contributed by atoms with E-state index in [-0.39, 0.29) is 0 Å². The van der Waals surface area contributed by atoms with Crippen LogP contribution in [0.4, 0.5) is 0 Å². The summed E-state index contributed by atoms with van der Waals surface area (Å²) in [5, 5.41) is 0. The average molecular weight is 150 g/mol. The van der Waals surface area contributed by atoms with Gasteiger partial charge in [0.25, 0.3) is 0 Å². The maximum absolute atomic E-state index is 3.63. The first-order valence-corrected chi connectivity index (χ1v) is 4.34. The first-order valence-electron chi connectivity index (χ1n) is 4.34. The lowest BCUT2D eigenvalue weighted by Crippen LogP contribution is -1.64. The zero-order valence-corrected chi connectivity index (χ0v) is 7.42. The highest BCUT2D eigenvalue weighted by atomic mass is 13.8. The minimum absolute atomic E-state index is 0.970. The Morgan fingerprint density at radius 2 is 1.91 bits per heavy atom. The van der Waals surface area contributed by atoms with E-state index in [4.69, 9.17) is 0 Å². The van der Waals surface area contributed by atoms with Crippen molar-refractivity contribution in [2.45, 2.75) is 32.6 Å². The maximum atomic E-state index is 3.63. The summed E-state index contributed by atoms with van der Waals surface area (Å²) in [6.07, 6.45) is 15.2. The minimum Gasteiger partial charge on any atom is -0.103 e. The highest BCUT2D eigenvalue weighted by Gasteiger charge is 1.74. The van der Waals surface area contributed by atoms with E-state index >= 15 is 0 Å². The fraction of sp³-hybridized carbons (Fsp3) is 0.455. The second kappa shape index (κ2) is 9.22. The Labute approximate surface area is 70.3 Å². The van der Waals surface area contributed by atoms with Crippen LogP contribution in [0.15, 0.2) is 37.0 Å². The Bertz CT molecular complexity index is 129. The molecule has 0 atom stereocenters. The molecule has 0 unspecified atom stereocenters. The molecule has 0 saturated heterocycles. The van der Waals surface area contributed by atoms with Gasteiger partial charge in [-0.05, 0) is 12.8 Å². The van der Waals surface area contributed by atoms with E-state index in [1.54, 1.807) is 0 Å². The predicted molar refractivity (Wildman–Crippen MR) is 52.6 cm³/mol. The number of hydrogen-bond donors (Lipinski definition) is 0. The molecule has 0 aromatic carbocycles. The van der Waals surface area contributed by atoms with E-state index in [2.05, 4.69) is 37.8 Å². The summed E-state index contributed by atoms with van der Waals surface area (Å²) in [5.41, 5.74) is 0. The molecule has 0 spiro atoms. The fourth-order valence-corrected chi connectivity index (χ4v) is 0.750. The molecule has 0 bridgehead atoms. The third-order valence-electron chi connectivity index (χ3n) is 1.41. The van der Waals surface area contributed by atoms with Crippen LogP contribution in [-0.4, -0.2) is 0 Å². The Morgan fingerprint density at radius 1 is 1.18 bits per heavy atom. The number of rotatable bonds is 6. The van der Waals surface area contributed by atoms with Crippen LogP contribution in [0.25, 0.3) is 0 Å². The van der Waals surface area contributed by atoms with Gasteiger partial charge >= 0.3 is 0 Å². The molecule has 0 aliphatic rings. The second-order valence-corrected chi connectivity index (χ2v) is 2.52. The molecule has 0 saturated carbocycles.